The molecule has 0 aliphatic carbocycles. The lowest BCUT2D eigenvalue weighted by Crippen LogP contribution is -2.15. The molecule has 2 aromatic rings. The lowest BCUT2D eigenvalue weighted by molar-refractivity contribution is 0.284. The smallest absolute Gasteiger partial charge is 0.162 e. The highest BCUT2D eigenvalue weighted by atomic mass is 79.9. The zero-order valence-electron chi connectivity index (χ0n) is 14.1. The van der Waals surface area contributed by atoms with Gasteiger partial charge in [-0.1, -0.05) is 41.4 Å². The molecule has 5 heteroatoms. The van der Waals surface area contributed by atoms with Crippen molar-refractivity contribution in [3.63, 3.8) is 0 Å². The lowest BCUT2D eigenvalue weighted by atomic mass is 10.2. The van der Waals surface area contributed by atoms with E-state index in [4.69, 9.17) is 9.47 Å². The fourth-order valence-electron chi connectivity index (χ4n) is 2.25. The standard InChI is InChI=1S/C19H23BrFNO2/c1-3-4-9-22-12-15-10-18(23-2)19(11-17(15)20)24-13-14-5-7-16(21)8-6-14/h5-8,10-11,22H,3-4,9,12-13H2,1-2H3. The van der Waals surface area contributed by atoms with Crippen molar-refractivity contribution in [2.24, 2.45) is 0 Å². The van der Waals surface area contributed by atoms with Crippen LogP contribution in [0.2, 0.25) is 0 Å². The fourth-order valence-corrected chi connectivity index (χ4v) is 2.71. The third-order valence-electron chi connectivity index (χ3n) is 3.66. The van der Waals surface area contributed by atoms with E-state index < -0.39 is 0 Å². The minimum atomic E-state index is -0.251. The van der Waals surface area contributed by atoms with E-state index in [0.29, 0.717) is 18.1 Å². The molecular weight excluding hydrogens is 373 g/mol. The van der Waals surface area contributed by atoms with Crippen LogP contribution in [0.1, 0.15) is 30.9 Å². The summed E-state index contributed by atoms with van der Waals surface area (Å²) in [5.41, 5.74) is 2.02. The number of halogens is 2. The van der Waals surface area contributed by atoms with Crippen LogP contribution in [0.15, 0.2) is 40.9 Å². The van der Waals surface area contributed by atoms with Crippen molar-refractivity contribution in [2.45, 2.75) is 32.9 Å². The third kappa shape index (κ3) is 5.49. The first kappa shape index (κ1) is 18.7. The van der Waals surface area contributed by atoms with Crippen molar-refractivity contribution in [3.05, 3.63) is 57.8 Å². The van der Waals surface area contributed by atoms with Gasteiger partial charge in [-0.2, -0.15) is 0 Å². The van der Waals surface area contributed by atoms with Crippen LogP contribution in [0.5, 0.6) is 11.5 Å². The van der Waals surface area contributed by atoms with Crippen LogP contribution in [0.3, 0.4) is 0 Å². The molecule has 24 heavy (non-hydrogen) atoms. The van der Waals surface area contributed by atoms with Gasteiger partial charge in [-0.3, -0.25) is 0 Å². The van der Waals surface area contributed by atoms with E-state index in [0.717, 1.165) is 35.1 Å². The van der Waals surface area contributed by atoms with Crippen molar-refractivity contribution in [2.75, 3.05) is 13.7 Å². The minimum absolute atomic E-state index is 0.251. The molecule has 0 atom stereocenters. The summed E-state index contributed by atoms with van der Waals surface area (Å²) in [6.45, 7) is 4.30. The number of rotatable bonds is 9. The second kappa shape index (κ2) is 9.64. The predicted molar refractivity (Wildman–Crippen MR) is 98.0 cm³/mol. The molecule has 130 valence electrons. The van der Waals surface area contributed by atoms with Crippen LogP contribution in [-0.2, 0) is 13.2 Å². The van der Waals surface area contributed by atoms with E-state index in [-0.39, 0.29) is 5.82 Å². The molecule has 3 nitrogen and oxygen atoms in total. The van der Waals surface area contributed by atoms with E-state index in [1.54, 1.807) is 19.2 Å². The maximum absolute atomic E-state index is 12.9. The Hall–Kier alpha value is -1.59. The summed E-state index contributed by atoms with van der Waals surface area (Å²) in [6.07, 6.45) is 2.33. The highest BCUT2D eigenvalue weighted by Crippen LogP contribution is 2.34. The summed E-state index contributed by atoms with van der Waals surface area (Å²) >= 11 is 3.59. The van der Waals surface area contributed by atoms with Gasteiger partial charge < -0.3 is 14.8 Å². The summed E-state index contributed by atoms with van der Waals surface area (Å²) in [6, 6.07) is 10.2. The second-order valence-corrected chi connectivity index (χ2v) is 6.39. The molecule has 0 fully saturated rings. The number of benzene rings is 2. The van der Waals surface area contributed by atoms with Crippen LogP contribution < -0.4 is 14.8 Å². The molecule has 0 saturated heterocycles. The van der Waals surface area contributed by atoms with Gasteiger partial charge in [-0.25, -0.2) is 4.39 Å². The van der Waals surface area contributed by atoms with Gasteiger partial charge in [0.05, 0.1) is 7.11 Å². The quantitative estimate of drug-likeness (QED) is 0.601. The molecule has 0 saturated carbocycles. The molecule has 0 unspecified atom stereocenters. The molecule has 2 aromatic carbocycles. The Morgan fingerprint density at radius 1 is 1.12 bits per heavy atom. The van der Waals surface area contributed by atoms with Crippen molar-refractivity contribution in [3.8, 4) is 11.5 Å². The third-order valence-corrected chi connectivity index (χ3v) is 4.40. The summed E-state index contributed by atoms with van der Waals surface area (Å²) in [4.78, 5) is 0. The minimum Gasteiger partial charge on any atom is -0.493 e. The van der Waals surface area contributed by atoms with E-state index in [2.05, 4.69) is 28.2 Å². The maximum Gasteiger partial charge on any atom is 0.162 e. The Bertz CT molecular complexity index is 647. The van der Waals surface area contributed by atoms with Gasteiger partial charge in [0.2, 0.25) is 0 Å². The van der Waals surface area contributed by atoms with Crippen molar-refractivity contribution in [1.82, 2.24) is 5.32 Å². The lowest BCUT2D eigenvalue weighted by Gasteiger charge is -2.14. The Morgan fingerprint density at radius 2 is 1.88 bits per heavy atom. The number of methoxy groups -OCH3 is 1. The largest absolute Gasteiger partial charge is 0.493 e. The van der Waals surface area contributed by atoms with Crippen molar-refractivity contribution >= 4 is 15.9 Å². The number of nitrogens with one attached hydrogen (secondary N) is 1. The topological polar surface area (TPSA) is 30.5 Å². The normalized spacial score (nSPS) is 10.7. The SMILES string of the molecule is CCCCNCc1cc(OC)c(OCc2ccc(F)cc2)cc1Br. The summed E-state index contributed by atoms with van der Waals surface area (Å²) in [5, 5.41) is 3.42. The van der Waals surface area contributed by atoms with E-state index in [1.807, 2.05) is 12.1 Å². The first-order valence-corrected chi connectivity index (χ1v) is 8.87. The Balaban J connectivity index is 2.03. The average molecular weight is 396 g/mol. The summed E-state index contributed by atoms with van der Waals surface area (Å²) in [5.74, 6) is 1.10. The number of hydrogen-bond acceptors (Lipinski definition) is 3. The monoisotopic (exact) mass is 395 g/mol. The molecule has 0 heterocycles. The van der Waals surface area contributed by atoms with Crippen molar-refractivity contribution < 1.29 is 13.9 Å². The Labute approximate surface area is 151 Å². The molecule has 2 rings (SSSR count). The Morgan fingerprint density at radius 3 is 2.54 bits per heavy atom. The van der Waals surface area contributed by atoms with Crippen molar-refractivity contribution in [1.29, 1.82) is 0 Å². The number of ether oxygens (including phenoxy) is 2. The molecular formula is C19H23BrFNO2. The zero-order chi connectivity index (χ0) is 17.4. The van der Waals surface area contributed by atoms with Crippen LogP contribution >= 0.6 is 15.9 Å². The average Bonchev–Trinajstić information content (AvgIpc) is 2.59. The molecule has 0 radical (unpaired) electrons. The van der Waals surface area contributed by atoms with Gasteiger partial charge in [-0.15, -0.1) is 0 Å². The fraction of sp³-hybridized carbons (Fsp3) is 0.368. The molecule has 1 N–H and O–H groups in total. The van der Waals surface area contributed by atoms with Gasteiger partial charge in [0.15, 0.2) is 11.5 Å². The zero-order valence-corrected chi connectivity index (χ0v) is 15.7. The highest BCUT2D eigenvalue weighted by Gasteiger charge is 2.10. The molecule has 0 aliphatic rings. The molecule has 0 amide bonds. The number of unbranched alkanes of at least 4 members (excludes halogenated alkanes) is 1. The predicted octanol–water partition coefficient (Wildman–Crippen LogP) is 5.07. The molecule has 0 aromatic heterocycles. The summed E-state index contributed by atoms with van der Waals surface area (Å²) < 4.78 is 25.2. The first-order chi connectivity index (χ1) is 11.6. The molecule has 0 spiro atoms. The van der Waals surface area contributed by atoms with E-state index in [9.17, 15) is 4.39 Å². The van der Waals surface area contributed by atoms with E-state index >= 15 is 0 Å². The summed E-state index contributed by atoms with van der Waals surface area (Å²) in [7, 11) is 1.63. The Kier molecular flexibility index (Phi) is 7.53. The van der Waals surface area contributed by atoms with Crippen LogP contribution in [0.25, 0.3) is 0 Å². The van der Waals surface area contributed by atoms with Crippen LogP contribution in [0.4, 0.5) is 4.39 Å². The van der Waals surface area contributed by atoms with Crippen LogP contribution in [0, 0.1) is 5.82 Å². The first-order valence-electron chi connectivity index (χ1n) is 8.08. The van der Waals surface area contributed by atoms with Gasteiger partial charge >= 0.3 is 0 Å². The van der Waals surface area contributed by atoms with Gasteiger partial charge in [0.1, 0.15) is 12.4 Å². The highest BCUT2D eigenvalue weighted by molar-refractivity contribution is 9.10. The van der Waals surface area contributed by atoms with Gasteiger partial charge in [0.25, 0.3) is 0 Å². The van der Waals surface area contributed by atoms with Gasteiger partial charge in [0, 0.05) is 11.0 Å². The van der Waals surface area contributed by atoms with Gasteiger partial charge in [-0.05, 0) is 48.4 Å². The van der Waals surface area contributed by atoms with Crippen LogP contribution in [-0.4, -0.2) is 13.7 Å². The maximum atomic E-state index is 12.9. The molecule has 0 aliphatic heterocycles. The molecule has 0 bridgehead atoms. The number of hydrogen-bond donors (Lipinski definition) is 1. The second-order valence-electron chi connectivity index (χ2n) is 5.54. The van der Waals surface area contributed by atoms with E-state index in [1.165, 1.54) is 18.6 Å².